The van der Waals surface area contributed by atoms with Crippen molar-refractivity contribution in [2.75, 3.05) is 0 Å². The van der Waals surface area contributed by atoms with Crippen LogP contribution in [0, 0.1) is 0 Å². The molecule has 0 amide bonds. The first-order valence-corrected chi connectivity index (χ1v) is 3.70. The van der Waals surface area contributed by atoms with Crippen molar-refractivity contribution in [3.63, 3.8) is 0 Å². The summed E-state index contributed by atoms with van der Waals surface area (Å²) in [5, 5.41) is 9.22. The molecule has 0 aromatic carbocycles. The Bertz CT molecular complexity index is 168. The topological polar surface area (TPSA) is 20.2 Å². The number of hydrogen-bond donors (Lipinski definition) is 1. The van der Waals surface area contributed by atoms with Crippen LogP contribution in [0.3, 0.4) is 0 Å². The summed E-state index contributed by atoms with van der Waals surface area (Å²) in [6.07, 6.45) is 4.45. The summed E-state index contributed by atoms with van der Waals surface area (Å²) in [6, 6.07) is 0. The minimum absolute atomic E-state index is 0.116. The molecule has 0 saturated heterocycles. The average Bonchev–Trinajstić information content (AvgIpc) is 2.13. The monoisotopic (exact) mass is 138 g/mol. The third kappa shape index (κ3) is 1.48. The van der Waals surface area contributed by atoms with Gasteiger partial charge in [-0.1, -0.05) is 17.2 Å². The number of aliphatic hydroxyl groups is 1. The molecule has 0 fully saturated rings. The van der Waals surface area contributed by atoms with Crippen molar-refractivity contribution in [3.8, 4) is 0 Å². The molecule has 1 N–H and O–H groups in total. The molecule has 0 bridgehead atoms. The second kappa shape index (κ2) is 3.02. The van der Waals surface area contributed by atoms with Crippen LogP contribution in [0.2, 0.25) is 0 Å². The Kier molecular flexibility index (Phi) is 2.28. The Morgan fingerprint density at radius 3 is 2.80 bits per heavy atom. The lowest BCUT2D eigenvalue weighted by Gasteiger charge is -1.98. The summed E-state index contributed by atoms with van der Waals surface area (Å²) in [5.41, 5.74) is 2.73. The Balaban J connectivity index is 2.57. The normalized spacial score (nSPS) is 25.6. The van der Waals surface area contributed by atoms with E-state index in [-0.39, 0.29) is 6.10 Å². The fourth-order valence-corrected chi connectivity index (χ4v) is 1.46. The van der Waals surface area contributed by atoms with Crippen LogP contribution in [0.1, 0.15) is 26.2 Å². The fraction of sp³-hybridized carbons (Fsp3) is 0.556. The maximum atomic E-state index is 9.22. The van der Waals surface area contributed by atoms with Crippen molar-refractivity contribution < 1.29 is 5.11 Å². The molecule has 0 aromatic heterocycles. The Morgan fingerprint density at radius 1 is 1.70 bits per heavy atom. The zero-order valence-electron chi connectivity index (χ0n) is 6.43. The molecule has 1 rings (SSSR count). The highest BCUT2D eigenvalue weighted by Crippen LogP contribution is 2.28. The van der Waals surface area contributed by atoms with Crippen LogP contribution in [0.25, 0.3) is 0 Å². The molecule has 0 aromatic rings. The molecular weight excluding hydrogens is 124 g/mol. The molecule has 1 nitrogen and oxygen atoms in total. The van der Waals surface area contributed by atoms with Crippen LogP contribution in [0.5, 0.6) is 0 Å². The van der Waals surface area contributed by atoms with E-state index < -0.39 is 0 Å². The standard InChI is InChI=1S/C9H14O/c1-3-4-8-6-9(10)5-7(8)2/h3,9-10H,1,4-6H2,2H3/t9-/m0/s1. The van der Waals surface area contributed by atoms with Crippen LogP contribution in [-0.2, 0) is 0 Å². The first kappa shape index (κ1) is 7.55. The third-order valence-electron chi connectivity index (χ3n) is 2.02. The second-order valence-corrected chi connectivity index (χ2v) is 2.94. The van der Waals surface area contributed by atoms with Crippen LogP contribution in [0.4, 0.5) is 0 Å². The Hall–Kier alpha value is -0.560. The lowest BCUT2D eigenvalue weighted by molar-refractivity contribution is 0.186. The smallest absolute Gasteiger partial charge is 0.0614 e. The van der Waals surface area contributed by atoms with Gasteiger partial charge in [0.2, 0.25) is 0 Å². The van der Waals surface area contributed by atoms with Crippen molar-refractivity contribution in [3.05, 3.63) is 23.8 Å². The first-order chi connectivity index (χ1) is 4.74. The zero-order valence-corrected chi connectivity index (χ0v) is 6.43. The summed E-state index contributed by atoms with van der Waals surface area (Å²) < 4.78 is 0. The highest BCUT2D eigenvalue weighted by molar-refractivity contribution is 5.21. The van der Waals surface area contributed by atoms with Crippen molar-refractivity contribution >= 4 is 0 Å². The van der Waals surface area contributed by atoms with Gasteiger partial charge in [0.25, 0.3) is 0 Å². The van der Waals surface area contributed by atoms with Crippen LogP contribution < -0.4 is 0 Å². The van der Waals surface area contributed by atoms with E-state index in [0.29, 0.717) is 0 Å². The molecule has 0 unspecified atom stereocenters. The molecule has 0 radical (unpaired) electrons. The van der Waals surface area contributed by atoms with Crippen LogP contribution in [0.15, 0.2) is 23.8 Å². The summed E-state index contributed by atoms with van der Waals surface area (Å²) in [5.74, 6) is 0. The van der Waals surface area contributed by atoms with Crippen molar-refractivity contribution in [1.29, 1.82) is 0 Å². The summed E-state index contributed by atoms with van der Waals surface area (Å²) >= 11 is 0. The fourth-order valence-electron chi connectivity index (χ4n) is 1.46. The van der Waals surface area contributed by atoms with Gasteiger partial charge in [0.15, 0.2) is 0 Å². The quantitative estimate of drug-likeness (QED) is 0.579. The number of allylic oxidation sites excluding steroid dienone is 1. The summed E-state index contributed by atoms with van der Waals surface area (Å²) in [7, 11) is 0. The van der Waals surface area contributed by atoms with E-state index >= 15 is 0 Å². The predicted molar refractivity (Wildman–Crippen MR) is 42.8 cm³/mol. The molecule has 0 saturated carbocycles. The van der Waals surface area contributed by atoms with Crippen LogP contribution >= 0.6 is 0 Å². The molecule has 1 heteroatoms. The van der Waals surface area contributed by atoms with Gasteiger partial charge in [-0.15, -0.1) is 6.58 Å². The van der Waals surface area contributed by atoms with Gasteiger partial charge in [-0.2, -0.15) is 0 Å². The van der Waals surface area contributed by atoms with E-state index in [9.17, 15) is 5.11 Å². The largest absolute Gasteiger partial charge is 0.392 e. The van der Waals surface area contributed by atoms with E-state index in [1.807, 2.05) is 6.08 Å². The SMILES string of the molecule is C=CCC1=C(C)C[C@H](O)C1. The molecule has 0 spiro atoms. The lowest BCUT2D eigenvalue weighted by atomic mass is 10.1. The molecule has 1 aliphatic rings. The molecule has 1 aliphatic carbocycles. The lowest BCUT2D eigenvalue weighted by Crippen LogP contribution is -1.98. The third-order valence-corrected chi connectivity index (χ3v) is 2.02. The number of rotatable bonds is 2. The van der Waals surface area contributed by atoms with Gasteiger partial charge in [-0.3, -0.25) is 0 Å². The Morgan fingerprint density at radius 2 is 2.40 bits per heavy atom. The summed E-state index contributed by atoms with van der Waals surface area (Å²) in [6.45, 7) is 5.76. The minimum Gasteiger partial charge on any atom is -0.392 e. The molecule has 56 valence electrons. The van der Waals surface area contributed by atoms with Gasteiger partial charge in [-0.05, 0) is 26.2 Å². The van der Waals surface area contributed by atoms with Gasteiger partial charge in [0.05, 0.1) is 6.10 Å². The first-order valence-electron chi connectivity index (χ1n) is 3.70. The van der Waals surface area contributed by atoms with Gasteiger partial charge < -0.3 is 5.11 Å². The maximum absolute atomic E-state index is 9.22. The molecular formula is C9H14O. The van der Waals surface area contributed by atoms with Crippen molar-refractivity contribution in [2.24, 2.45) is 0 Å². The number of aliphatic hydroxyl groups excluding tert-OH is 1. The average molecular weight is 138 g/mol. The van der Waals surface area contributed by atoms with E-state index in [4.69, 9.17) is 0 Å². The Labute approximate surface area is 62.1 Å². The minimum atomic E-state index is -0.116. The molecule has 1 atom stereocenters. The van der Waals surface area contributed by atoms with E-state index in [1.54, 1.807) is 0 Å². The summed E-state index contributed by atoms with van der Waals surface area (Å²) in [4.78, 5) is 0. The van der Waals surface area contributed by atoms with Crippen LogP contribution in [-0.4, -0.2) is 11.2 Å². The molecule has 0 heterocycles. The highest BCUT2D eigenvalue weighted by Gasteiger charge is 2.17. The van der Waals surface area contributed by atoms with Crippen molar-refractivity contribution in [2.45, 2.75) is 32.3 Å². The van der Waals surface area contributed by atoms with Gasteiger partial charge in [-0.25, -0.2) is 0 Å². The predicted octanol–water partition coefficient (Wildman–Crippen LogP) is 2.03. The highest BCUT2D eigenvalue weighted by atomic mass is 16.3. The second-order valence-electron chi connectivity index (χ2n) is 2.94. The van der Waals surface area contributed by atoms with E-state index in [1.165, 1.54) is 11.1 Å². The maximum Gasteiger partial charge on any atom is 0.0614 e. The number of hydrogen-bond acceptors (Lipinski definition) is 1. The van der Waals surface area contributed by atoms with Gasteiger partial charge >= 0.3 is 0 Å². The molecule has 10 heavy (non-hydrogen) atoms. The van der Waals surface area contributed by atoms with Gasteiger partial charge in [0, 0.05) is 0 Å². The van der Waals surface area contributed by atoms with Gasteiger partial charge in [0.1, 0.15) is 0 Å². The van der Waals surface area contributed by atoms with E-state index in [0.717, 1.165) is 19.3 Å². The zero-order chi connectivity index (χ0) is 7.56. The van der Waals surface area contributed by atoms with E-state index in [2.05, 4.69) is 13.5 Å². The molecule has 0 aliphatic heterocycles. The van der Waals surface area contributed by atoms with Crippen molar-refractivity contribution in [1.82, 2.24) is 0 Å².